The Labute approximate surface area is 153 Å². The van der Waals surface area contributed by atoms with Gasteiger partial charge in [0.2, 0.25) is 5.91 Å². The Kier molecular flexibility index (Phi) is 5.15. The highest BCUT2D eigenvalue weighted by atomic mass is 16.2. The van der Waals surface area contributed by atoms with Crippen LogP contribution in [0.4, 0.5) is 10.5 Å². The van der Waals surface area contributed by atoms with Crippen LogP contribution in [0.3, 0.4) is 0 Å². The van der Waals surface area contributed by atoms with Gasteiger partial charge in [-0.3, -0.25) is 24.9 Å². The number of nitrogens with one attached hydrogen (secondary N) is 2. The summed E-state index contributed by atoms with van der Waals surface area (Å²) in [6.45, 7) is 4.67. The minimum Gasteiger partial charge on any atom is -0.323 e. The first-order valence-corrected chi connectivity index (χ1v) is 9.23. The molecule has 2 aliphatic rings. The maximum atomic E-state index is 12.6. The molecule has 26 heavy (non-hydrogen) atoms. The van der Waals surface area contributed by atoms with Crippen molar-refractivity contribution >= 4 is 23.5 Å². The van der Waals surface area contributed by atoms with Crippen molar-refractivity contribution in [2.75, 3.05) is 18.1 Å². The van der Waals surface area contributed by atoms with E-state index in [1.807, 2.05) is 38.1 Å². The predicted octanol–water partition coefficient (Wildman–Crippen LogP) is 2.11. The number of hydrogen-bond acceptors (Lipinski definition) is 4. The van der Waals surface area contributed by atoms with Crippen LogP contribution >= 0.6 is 0 Å². The SMILES string of the molecule is CCN(NC(=O)CCN1C(=O)NC2(CCCC2)C1=O)c1ccc(C)cc1. The lowest BCUT2D eigenvalue weighted by Crippen LogP contribution is -2.45. The molecule has 1 heterocycles. The molecule has 7 heteroatoms. The molecule has 0 atom stereocenters. The van der Waals surface area contributed by atoms with E-state index >= 15 is 0 Å². The number of anilines is 1. The fourth-order valence-corrected chi connectivity index (χ4v) is 3.67. The first kappa shape index (κ1) is 18.2. The number of carbonyl (C=O) groups excluding carboxylic acids is 3. The highest BCUT2D eigenvalue weighted by molar-refractivity contribution is 6.07. The second-order valence-electron chi connectivity index (χ2n) is 7.04. The van der Waals surface area contributed by atoms with Gasteiger partial charge in [0.05, 0.1) is 5.69 Å². The van der Waals surface area contributed by atoms with Gasteiger partial charge in [0.15, 0.2) is 0 Å². The Morgan fingerprint density at radius 1 is 1.23 bits per heavy atom. The molecule has 140 valence electrons. The van der Waals surface area contributed by atoms with E-state index in [9.17, 15) is 14.4 Å². The Balaban J connectivity index is 1.55. The van der Waals surface area contributed by atoms with Crippen LogP contribution in [0.1, 0.15) is 44.6 Å². The molecule has 1 aliphatic carbocycles. The smallest absolute Gasteiger partial charge is 0.323 e. The van der Waals surface area contributed by atoms with Crippen LogP contribution in [-0.2, 0) is 9.59 Å². The molecular formula is C19H26N4O3. The minimum absolute atomic E-state index is 0.0810. The molecule has 1 aromatic rings. The second kappa shape index (κ2) is 7.35. The lowest BCUT2D eigenvalue weighted by atomic mass is 9.98. The highest BCUT2D eigenvalue weighted by Gasteiger charge is 2.52. The Morgan fingerprint density at radius 2 is 1.88 bits per heavy atom. The maximum absolute atomic E-state index is 12.6. The quantitative estimate of drug-likeness (QED) is 0.603. The van der Waals surface area contributed by atoms with Crippen molar-refractivity contribution in [2.45, 2.75) is 51.5 Å². The molecular weight excluding hydrogens is 332 g/mol. The van der Waals surface area contributed by atoms with Gasteiger partial charge in [0.1, 0.15) is 5.54 Å². The van der Waals surface area contributed by atoms with E-state index in [-0.39, 0.29) is 30.8 Å². The first-order valence-electron chi connectivity index (χ1n) is 9.23. The Bertz CT molecular complexity index is 695. The Morgan fingerprint density at radius 3 is 2.50 bits per heavy atom. The number of hydrogen-bond donors (Lipinski definition) is 2. The summed E-state index contributed by atoms with van der Waals surface area (Å²) in [4.78, 5) is 38.2. The number of imide groups is 1. The molecule has 0 unspecified atom stereocenters. The van der Waals surface area contributed by atoms with E-state index in [1.165, 1.54) is 4.90 Å². The lowest BCUT2D eigenvalue weighted by Gasteiger charge is -2.24. The summed E-state index contributed by atoms with van der Waals surface area (Å²) in [5.41, 5.74) is 4.17. The lowest BCUT2D eigenvalue weighted by molar-refractivity contribution is -0.131. The van der Waals surface area contributed by atoms with Gasteiger partial charge in [-0.1, -0.05) is 30.5 Å². The third-order valence-electron chi connectivity index (χ3n) is 5.19. The van der Waals surface area contributed by atoms with Crippen LogP contribution in [0.25, 0.3) is 0 Å². The van der Waals surface area contributed by atoms with Crippen LogP contribution < -0.4 is 15.8 Å². The van der Waals surface area contributed by atoms with Crippen molar-refractivity contribution in [3.63, 3.8) is 0 Å². The molecule has 3 rings (SSSR count). The molecule has 4 amide bonds. The monoisotopic (exact) mass is 358 g/mol. The van der Waals surface area contributed by atoms with Crippen LogP contribution in [0, 0.1) is 6.92 Å². The highest BCUT2D eigenvalue weighted by Crippen LogP contribution is 2.35. The van der Waals surface area contributed by atoms with Crippen molar-refractivity contribution in [3.8, 4) is 0 Å². The minimum atomic E-state index is -0.717. The van der Waals surface area contributed by atoms with Crippen LogP contribution in [0.2, 0.25) is 0 Å². The molecule has 1 saturated heterocycles. The van der Waals surface area contributed by atoms with Gasteiger partial charge in [-0.05, 0) is 38.8 Å². The van der Waals surface area contributed by atoms with Gasteiger partial charge >= 0.3 is 6.03 Å². The van der Waals surface area contributed by atoms with Gasteiger partial charge in [-0.15, -0.1) is 0 Å². The summed E-state index contributed by atoms with van der Waals surface area (Å²) in [5, 5.41) is 4.59. The Hall–Kier alpha value is -2.57. The fourth-order valence-electron chi connectivity index (χ4n) is 3.67. The topological polar surface area (TPSA) is 81.8 Å². The number of benzene rings is 1. The van der Waals surface area contributed by atoms with Crippen molar-refractivity contribution in [2.24, 2.45) is 0 Å². The van der Waals surface area contributed by atoms with Gasteiger partial charge in [0, 0.05) is 19.5 Å². The normalized spacial score (nSPS) is 18.3. The summed E-state index contributed by atoms with van der Waals surface area (Å²) >= 11 is 0. The zero-order chi connectivity index (χ0) is 18.7. The van der Waals surface area contributed by atoms with E-state index in [4.69, 9.17) is 0 Å². The molecule has 0 radical (unpaired) electrons. The first-order chi connectivity index (χ1) is 12.4. The molecule has 0 aromatic heterocycles. The van der Waals surface area contributed by atoms with Gasteiger partial charge in [-0.25, -0.2) is 4.79 Å². The molecule has 1 aromatic carbocycles. The van der Waals surface area contributed by atoms with E-state index in [0.717, 1.165) is 24.1 Å². The summed E-state index contributed by atoms with van der Waals surface area (Å²) in [5.74, 6) is -0.404. The molecule has 2 N–H and O–H groups in total. The van der Waals surface area contributed by atoms with Gasteiger partial charge < -0.3 is 5.32 Å². The van der Waals surface area contributed by atoms with Crippen LogP contribution in [-0.4, -0.2) is 41.4 Å². The van der Waals surface area contributed by atoms with Crippen molar-refractivity contribution in [3.05, 3.63) is 29.8 Å². The van der Waals surface area contributed by atoms with E-state index < -0.39 is 5.54 Å². The van der Waals surface area contributed by atoms with E-state index in [1.54, 1.807) is 5.01 Å². The van der Waals surface area contributed by atoms with Gasteiger partial charge in [-0.2, -0.15) is 0 Å². The average molecular weight is 358 g/mol. The van der Waals surface area contributed by atoms with Crippen LogP contribution in [0.15, 0.2) is 24.3 Å². The third kappa shape index (κ3) is 3.52. The number of urea groups is 1. The predicted molar refractivity (Wildman–Crippen MR) is 98.4 cm³/mol. The zero-order valence-electron chi connectivity index (χ0n) is 15.4. The number of nitrogens with zero attached hydrogens (tertiary/aromatic N) is 2. The number of amides is 4. The number of aryl methyl sites for hydroxylation is 1. The summed E-state index contributed by atoms with van der Waals surface area (Å²) in [7, 11) is 0. The number of hydrazine groups is 1. The number of carbonyl (C=O) groups is 3. The summed E-state index contributed by atoms with van der Waals surface area (Å²) < 4.78 is 0. The second-order valence-corrected chi connectivity index (χ2v) is 7.04. The third-order valence-corrected chi connectivity index (χ3v) is 5.19. The van der Waals surface area contributed by atoms with E-state index in [0.29, 0.717) is 19.4 Å². The average Bonchev–Trinajstić information content (AvgIpc) is 3.18. The zero-order valence-corrected chi connectivity index (χ0v) is 15.4. The molecule has 1 aliphatic heterocycles. The molecule has 1 saturated carbocycles. The standard InChI is InChI=1S/C19H26N4O3/c1-3-23(15-8-6-14(2)7-9-15)21-16(24)10-13-22-17(25)19(20-18(22)26)11-4-5-12-19/h6-9H,3-5,10-13H2,1-2H3,(H,20,26)(H,21,24). The number of rotatable bonds is 6. The fraction of sp³-hybridized carbons (Fsp3) is 0.526. The summed E-state index contributed by atoms with van der Waals surface area (Å²) in [6.07, 6.45) is 3.36. The molecule has 1 spiro atoms. The van der Waals surface area contributed by atoms with Crippen LogP contribution in [0.5, 0.6) is 0 Å². The van der Waals surface area contributed by atoms with Crippen molar-refractivity contribution in [1.82, 2.24) is 15.6 Å². The van der Waals surface area contributed by atoms with Crippen molar-refractivity contribution < 1.29 is 14.4 Å². The maximum Gasteiger partial charge on any atom is 0.325 e. The van der Waals surface area contributed by atoms with Crippen molar-refractivity contribution in [1.29, 1.82) is 0 Å². The largest absolute Gasteiger partial charge is 0.325 e. The molecule has 7 nitrogen and oxygen atoms in total. The summed E-state index contributed by atoms with van der Waals surface area (Å²) in [6, 6.07) is 7.48. The molecule has 0 bridgehead atoms. The van der Waals surface area contributed by atoms with E-state index in [2.05, 4.69) is 10.7 Å². The molecule has 2 fully saturated rings. The van der Waals surface area contributed by atoms with Gasteiger partial charge in [0.25, 0.3) is 5.91 Å².